The molecule has 3 rings (SSSR count). The fourth-order valence-electron chi connectivity index (χ4n) is 3.94. The summed E-state index contributed by atoms with van der Waals surface area (Å²) in [7, 11) is 0. The van der Waals surface area contributed by atoms with Gasteiger partial charge in [-0.3, -0.25) is 20.4 Å². The predicted octanol–water partition coefficient (Wildman–Crippen LogP) is 2.58. The number of carbonyl (C=O) groups is 2. The van der Waals surface area contributed by atoms with E-state index in [1.807, 2.05) is 25.1 Å². The summed E-state index contributed by atoms with van der Waals surface area (Å²) >= 11 is 0. The Labute approximate surface area is 125 Å². The topological polar surface area (TPSA) is 58.2 Å². The molecule has 1 aromatic rings. The van der Waals surface area contributed by atoms with E-state index in [0.717, 1.165) is 17.4 Å². The van der Waals surface area contributed by atoms with Crippen molar-refractivity contribution in [2.75, 3.05) is 0 Å². The normalized spacial score (nSPS) is 26.6. The van der Waals surface area contributed by atoms with Crippen molar-refractivity contribution in [2.24, 2.45) is 17.8 Å². The van der Waals surface area contributed by atoms with E-state index in [-0.39, 0.29) is 11.8 Å². The SMILES string of the molecule is Cc1ccccc1C(=O)NNC(=O)C[C@H]1C[C@H]2CC[C@@H]1C2. The van der Waals surface area contributed by atoms with Crippen LogP contribution in [0.25, 0.3) is 0 Å². The Balaban J connectivity index is 1.48. The molecule has 2 bridgehead atoms. The number of aryl methyl sites for hydroxylation is 1. The first-order chi connectivity index (χ1) is 10.1. The maximum Gasteiger partial charge on any atom is 0.269 e. The minimum Gasteiger partial charge on any atom is -0.273 e. The Morgan fingerprint density at radius 1 is 1.14 bits per heavy atom. The lowest BCUT2D eigenvalue weighted by atomic mass is 9.86. The van der Waals surface area contributed by atoms with E-state index in [2.05, 4.69) is 10.9 Å². The molecule has 2 aliphatic rings. The molecule has 112 valence electrons. The quantitative estimate of drug-likeness (QED) is 0.839. The summed E-state index contributed by atoms with van der Waals surface area (Å²) in [5.41, 5.74) is 6.57. The van der Waals surface area contributed by atoms with E-state index in [4.69, 9.17) is 0 Å². The summed E-state index contributed by atoms with van der Waals surface area (Å²) in [4.78, 5) is 24.0. The maximum atomic E-state index is 12.0. The number of amides is 2. The number of benzene rings is 1. The molecule has 0 radical (unpaired) electrons. The lowest BCUT2D eigenvalue weighted by molar-refractivity contribution is -0.123. The number of carbonyl (C=O) groups excluding carboxylic acids is 2. The smallest absolute Gasteiger partial charge is 0.269 e. The van der Waals surface area contributed by atoms with Crippen LogP contribution in [0.5, 0.6) is 0 Å². The molecule has 0 spiro atoms. The van der Waals surface area contributed by atoms with Crippen molar-refractivity contribution in [1.29, 1.82) is 0 Å². The summed E-state index contributed by atoms with van der Waals surface area (Å²) in [6.07, 6.45) is 5.64. The maximum absolute atomic E-state index is 12.0. The molecule has 21 heavy (non-hydrogen) atoms. The van der Waals surface area contributed by atoms with Crippen molar-refractivity contribution < 1.29 is 9.59 Å². The highest BCUT2D eigenvalue weighted by Gasteiger charge is 2.40. The molecule has 2 N–H and O–H groups in total. The molecule has 1 aromatic carbocycles. The first-order valence-electron chi connectivity index (χ1n) is 7.78. The van der Waals surface area contributed by atoms with Gasteiger partial charge in [0.25, 0.3) is 5.91 Å². The molecular weight excluding hydrogens is 264 g/mol. The van der Waals surface area contributed by atoms with Gasteiger partial charge in [-0.1, -0.05) is 24.6 Å². The minimum atomic E-state index is -0.255. The van der Waals surface area contributed by atoms with Crippen molar-refractivity contribution in [2.45, 2.75) is 39.0 Å². The molecule has 4 nitrogen and oxygen atoms in total. The van der Waals surface area contributed by atoms with Crippen molar-refractivity contribution in [3.05, 3.63) is 35.4 Å². The van der Waals surface area contributed by atoms with E-state index in [1.165, 1.54) is 25.7 Å². The third-order valence-corrected chi connectivity index (χ3v) is 5.04. The highest BCUT2D eigenvalue weighted by molar-refractivity contribution is 5.96. The molecule has 3 atom stereocenters. The Morgan fingerprint density at radius 3 is 2.62 bits per heavy atom. The molecule has 2 saturated carbocycles. The average molecular weight is 286 g/mol. The lowest BCUT2D eigenvalue weighted by Gasteiger charge is -2.21. The van der Waals surface area contributed by atoms with Crippen LogP contribution in [0.2, 0.25) is 0 Å². The van der Waals surface area contributed by atoms with Gasteiger partial charge in [0.15, 0.2) is 0 Å². The van der Waals surface area contributed by atoms with Gasteiger partial charge in [0.1, 0.15) is 0 Å². The number of fused-ring (bicyclic) bond motifs is 2. The largest absolute Gasteiger partial charge is 0.273 e. The van der Waals surface area contributed by atoms with Crippen LogP contribution in [0.4, 0.5) is 0 Å². The number of nitrogens with one attached hydrogen (secondary N) is 2. The second kappa shape index (κ2) is 5.88. The summed E-state index contributed by atoms with van der Waals surface area (Å²) < 4.78 is 0. The Bertz CT molecular complexity index is 555. The van der Waals surface area contributed by atoms with E-state index in [0.29, 0.717) is 17.9 Å². The summed E-state index contributed by atoms with van der Waals surface area (Å²) in [5, 5.41) is 0. The van der Waals surface area contributed by atoms with Crippen LogP contribution >= 0.6 is 0 Å². The van der Waals surface area contributed by atoms with Gasteiger partial charge in [0.2, 0.25) is 5.91 Å². The van der Waals surface area contributed by atoms with E-state index in [9.17, 15) is 9.59 Å². The van der Waals surface area contributed by atoms with Gasteiger partial charge in [-0.25, -0.2) is 0 Å². The van der Waals surface area contributed by atoms with Crippen LogP contribution in [-0.4, -0.2) is 11.8 Å². The summed E-state index contributed by atoms with van der Waals surface area (Å²) in [6.45, 7) is 1.88. The highest BCUT2D eigenvalue weighted by atomic mass is 16.2. The van der Waals surface area contributed by atoms with Crippen molar-refractivity contribution in [3.63, 3.8) is 0 Å². The highest BCUT2D eigenvalue weighted by Crippen LogP contribution is 2.49. The van der Waals surface area contributed by atoms with Crippen molar-refractivity contribution in [3.8, 4) is 0 Å². The molecular formula is C17H22N2O2. The summed E-state index contributed by atoms with van der Waals surface area (Å²) in [6, 6.07) is 7.34. The minimum absolute atomic E-state index is 0.0746. The fraction of sp³-hybridized carbons (Fsp3) is 0.529. The zero-order chi connectivity index (χ0) is 14.8. The first kappa shape index (κ1) is 14.1. The van der Waals surface area contributed by atoms with Crippen molar-refractivity contribution in [1.82, 2.24) is 10.9 Å². The molecule has 0 aromatic heterocycles. The van der Waals surface area contributed by atoms with Gasteiger partial charge >= 0.3 is 0 Å². The molecule has 0 aliphatic heterocycles. The third-order valence-electron chi connectivity index (χ3n) is 5.04. The van der Waals surface area contributed by atoms with E-state index >= 15 is 0 Å². The molecule has 2 amide bonds. The van der Waals surface area contributed by atoms with Crippen LogP contribution in [0.3, 0.4) is 0 Å². The molecule has 0 saturated heterocycles. The third kappa shape index (κ3) is 3.09. The van der Waals surface area contributed by atoms with Crippen LogP contribution in [0, 0.1) is 24.7 Å². The Kier molecular flexibility index (Phi) is 3.95. The van der Waals surface area contributed by atoms with Crippen LogP contribution in [0.1, 0.15) is 48.0 Å². The first-order valence-corrected chi connectivity index (χ1v) is 7.78. The Morgan fingerprint density at radius 2 is 1.95 bits per heavy atom. The molecule has 2 fully saturated rings. The average Bonchev–Trinajstić information content (AvgIpc) is 3.08. The molecule has 0 unspecified atom stereocenters. The van der Waals surface area contributed by atoms with Gasteiger partial charge in [-0.05, 0) is 55.6 Å². The fourth-order valence-corrected chi connectivity index (χ4v) is 3.94. The molecule has 4 heteroatoms. The van der Waals surface area contributed by atoms with Gasteiger partial charge in [-0.2, -0.15) is 0 Å². The number of rotatable bonds is 3. The van der Waals surface area contributed by atoms with E-state index < -0.39 is 0 Å². The Hall–Kier alpha value is -1.84. The number of hydrazine groups is 1. The van der Waals surface area contributed by atoms with Gasteiger partial charge in [0, 0.05) is 12.0 Å². The van der Waals surface area contributed by atoms with Gasteiger partial charge in [-0.15, -0.1) is 0 Å². The molecule has 0 heterocycles. The number of hydrogen-bond acceptors (Lipinski definition) is 2. The predicted molar refractivity (Wildman–Crippen MR) is 80.3 cm³/mol. The zero-order valence-electron chi connectivity index (χ0n) is 12.4. The lowest BCUT2D eigenvalue weighted by Crippen LogP contribution is -2.42. The van der Waals surface area contributed by atoms with Crippen LogP contribution in [0.15, 0.2) is 24.3 Å². The van der Waals surface area contributed by atoms with Gasteiger partial charge in [0.05, 0.1) is 0 Å². The number of hydrogen-bond donors (Lipinski definition) is 2. The second-order valence-corrected chi connectivity index (χ2v) is 6.46. The van der Waals surface area contributed by atoms with Crippen LogP contribution in [-0.2, 0) is 4.79 Å². The van der Waals surface area contributed by atoms with E-state index in [1.54, 1.807) is 6.07 Å². The van der Waals surface area contributed by atoms with Crippen molar-refractivity contribution >= 4 is 11.8 Å². The molecule has 2 aliphatic carbocycles. The second-order valence-electron chi connectivity index (χ2n) is 6.46. The monoisotopic (exact) mass is 286 g/mol. The van der Waals surface area contributed by atoms with Crippen LogP contribution < -0.4 is 10.9 Å². The zero-order valence-corrected chi connectivity index (χ0v) is 12.4. The summed E-state index contributed by atoms with van der Waals surface area (Å²) in [5.74, 6) is 1.75. The standard InChI is InChI=1S/C17H22N2O2/c1-11-4-2-3-5-15(11)17(21)19-18-16(20)10-14-9-12-6-7-13(14)8-12/h2-5,12-14H,6-10H2,1H3,(H,18,20)(H,19,21)/t12-,13+,14+/m0/s1. The van der Waals surface area contributed by atoms with Gasteiger partial charge < -0.3 is 0 Å².